The molecule has 356 valence electrons. The molecule has 4 N–H and O–H groups in total. The molecule has 2 unspecified atom stereocenters. The Morgan fingerprint density at radius 3 is 2.22 bits per heavy atom. The Morgan fingerprint density at radius 1 is 0.891 bits per heavy atom. The zero-order valence-corrected chi connectivity index (χ0v) is 38.4. The first kappa shape index (κ1) is 50.0. The molecular formula is C38H57F2N9O12P2S. The average Bonchev–Trinajstić information content (AvgIpc) is 3.99. The van der Waals surface area contributed by atoms with Crippen molar-refractivity contribution in [3.05, 3.63) is 35.7 Å². The zero-order chi connectivity index (χ0) is 45.7. The van der Waals surface area contributed by atoms with Gasteiger partial charge in [-0.1, -0.05) is 84.0 Å². The molecule has 4 aromatic heterocycles. The van der Waals surface area contributed by atoms with Crippen LogP contribution < -0.4 is 11.3 Å². The molecular weight excluding hydrogens is 906 g/mol. The summed E-state index contributed by atoms with van der Waals surface area (Å²) in [7, 11) is -3.67. The minimum Gasteiger partial charge on any atom is -0.454 e. The van der Waals surface area contributed by atoms with Crippen LogP contribution in [0.4, 0.5) is 14.6 Å². The van der Waals surface area contributed by atoms with Crippen molar-refractivity contribution in [2.24, 2.45) is 0 Å². The van der Waals surface area contributed by atoms with Gasteiger partial charge in [-0.05, 0) is 6.42 Å². The molecule has 0 aromatic carbocycles. The summed E-state index contributed by atoms with van der Waals surface area (Å²) in [5.74, 6) is -1.15. The summed E-state index contributed by atoms with van der Waals surface area (Å²) in [6.07, 6.45) is 5.24. The molecule has 0 aliphatic carbocycles. The number of anilines is 1. The number of nitrogen functional groups attached to an aromatic ring is 1. The lowest BCUT2D eigenvalue weighted by atomic mass is 10.0. The van der Waals surface area contributed by atoms with Crippen molar-refractivity contribution in [3.63, 3.8) is 0 Å². The summed E-state index contributed by atoms with van der Waals surface area (Å²) in [6, 6.07) is 0. The lowest BCUT2D eigenvalue weighted by Gasteiger charge is -2.32. The molecule has 0 spiro atoms. The summed E-state index contributed by atoms with van der Waals surface area (Å²) >= 11 is 0.394. The van der Waals surface area contributed by atoms with E-state index < -0.39 is 94.5 Å². The number of carbonyl (C=O) groups is 1. The fourth-order valence-electron chi connectivity index (χ4n) is 7.41. The van der Waals surface area contributed by atoms with Gasteiger partial charge in [0.15, 0.2) is 47.4 Å². The molecule has 0 saturated carbocycles. The Labute approximate surface area is 372 Å². The maximum absolute atomic E-state index is 16.8. The number of carbonyl (C=O) groups excluding carboxylic acids is 1. The number of ether oxygens (including phenoxy) is 4. The third-order valence-corrected chi connectivity index (χ3v) is 15.3. The van der Waals surface area contributed by atoms with Gasteiger partial charge in [-0.2, -0.15) is 0 Å². The minimum atomic E-state index is -4.77. The maximum atomic E-state index is 16.8. The largest absolute Gasteiger partial charge is 0.454 e. The molecule has 64 heavy (non-hydrogen) atoms. The lowest BCUT2D eigenvalue weighted by molar-refractivity contribution is -0.141. The van der Waals surface area contributed by atoms with Crippen LogP contribution in [0, 0.1) is 0 Å². The predicted molar refractivity (Wildman–Crippen MR) is 230 cm³/mol. The van der Waals surface area contributed by atoms with Crippen LogP contribution in [0.5, 0.6) is 0 Å². The van der Waals surface area contributed by atoms with Crippen LogP contribution in [-0.4, -0.2) is 113 Å². The number of aromatic nitrogens is 8. The number of alkyl halides is 2. The van der Waals surface area contributed by atoms with Gasteiger partial charge in [0.2, 0.25) is 0 Å². The van der Waals surface area contributed by atoms with Crippen LogP contribution in [0.1, 0.15) is 109 Å². The highest BCUT2D eigenvalue weighted by molar-refractivity contribution is 8.55. The number of H-pyrrole nitrogens is 1. The second-order valence-corrected chi connectivity index (χ2v) is 21.3. The molecule has 9 atom stereocenters. The van der Waals surface area contributed by atoms with Crippen LogP contribution in [-0.2, 0) is 46.4 Å². The highest BCUT2D eigenvalue weighted by atomic mass is 32.7. The summed E-state index contributed by atoms with van der Waals surface area (Å²) in [5, 5.41) is 0. The number of hydrogen-bond donors (Lipinski definition) is 3. The molecule has 26 heteroatoms. The average molecular weight is 964 g/mol. The predicted octanol–water partition coefficient (Wildman–Crippen LogP) is 7.04. The van der Waals surface area contributed by atoms with Gasteiger partial charge in [0.25, 0.3) is 5.56 Å². The molecule has 0 amide bonds. The van der Waals surface area contributed by atoms with Crippen LogP contribution in [0.15, 0.2) is 30.1 Å². The van der Waals surface area contributed by atoms with Crippen molar-refractivity contribution in [2.75, 3.05) is 38.3 Å². The number of nitrogens with zero attached hydrogens (tertiary/aromatic N) is 7. The number of hydrogen-bond acceptors (Lipinski definition) is 18. The molecule has 0 radical (unpaired) electrons. The fraction of sp³-hybridized carbons (Fsp3) is 0.711. The highest BCUT2D eigenvalue weighted by Gasteiger charge is 2.50. The van der Waals surface area contributed by atoms with E-state index in [1.807, 2.05) is 0 Å². The third-order valence-electron chi connectivity index (χ3n) is 10.9. The molecule has 4 aromatic rings. The maximum Gasteiger partial charge on any atom is 0.394 e. The second kappa shape index (κ2) is 23.8. The number of methoxy groups -OCH3 is 1. The smallest absolute Gasteiger partial charge is 0.394 e. The Kier molecular flexibility index (Phi) is 18.6. The van der Waals surface area contributed by atoms with Gasteiger partial charge in [0.05, 0.1) is 32.2 Å². The van der Waals surface area contributed by atoms with E-state index in [-0.39, 0.29) is 34.6 Å². The van der Waals surface area contributed by atoms with E-state index in [1.165, 1.54) is 62.3 Å². The first-order chi connectivity index (χ1) is 30.8. The SMILES string of the molecule is CCCCCCCCCCCCCCCC(=O)OCSP1(=O)OC[C@H]2O[C@@H](n3cnc4c(N)ncnc43)[C@H](F)[C@@H]2OCP(=O)(O)OC[C@@H](OC)[C@@H](F)[C@H](n2cnc3c(=O)[nH]cnc32)O1. The number of fused-ring (bicyclic) bond motifs is 3. The number of unbranched alkanes of at least 4 members (excludes halogenated alkanes) is 12. The van der Waals surface area contributed by atoms with Gasteiger partial charge in [0.1, 0.15) is 42.4 Å². The quantitative estimate of drug-likeness (QED) is 0.0347. The van der Waals surface area contributed by atoms with E-state index in [1.54, 1.807) is 0 Å². The van der Waals surface area contributed by atoms with Crippen LogP contribution in [0.25, 0.3) is 22.3 Å². The van der Waals surface area contributed by atoms with Crippen molar-refractivity contribution in [3.8, 4) is 0 Å². The standard InChI is InChI=1S/C38H57F2N9O12P2S/c1-3-4-5-6-7-8-9-10-11-12-13-14-15-16-27(50)57-24-64-63(54)59-18-26-32(29(40)37(60-26)48-21-46-30-33(41)42-19-43-34(30)48)56-23-62(52,53)58-17-25(55-2)28(39)38(61-63)49-22-47-31-35(49)44-20-45-36(31)51/h19-22,25-26,28-29,32,37-38H,3-18,23-24H2,1-2H3,(H,52,53)(H2,41,42,43)(H,44,45,51)/t25-,26-,28-,29-,32-,37-,38-,63?/m1/s1. The summed E-state index contributed by atoms with van der Waals surface area (Å²) in [4.78, 5) is 58.8. The Morgan fingerprint density at radius 2 is 1.53 bits per heavy atom. The number of imidazole rings is 2. The van der Waals surface area contributed by atoms with Crippen molar-refractivity contribution < 1.29 is 60.1 Å². The molecule has 21 nitrogen and oxygen atoms in total. The first-order valence-electron chi connectivity index (χ1n) is 21.5. The zero-order valence-electron chi connectivity index (χ0n) is 35.8. The number of halogens is 2. The molecule has 2 fully saturated rings. The number of esters is 1. The lowest BCUT2D eigenvalue weighted by Crippen LogP contribution is -2.38. The number of aromatic amines is 1. The number of nitrogens with one attached hydrogen (secondary N) is 1. The molecule has 0 bridgehead atoms. The first-order valence-corrected chi connectivity index (χ1v) is 26.3. The van der Waals surface area contributed by atoms with Gasteiger partial charge in [-0.3, -0.25) is 32.3 Å². The van der Waals surface area contributed by atoms with E-state index in [0.717, 1.165) is 56.3 Å². The summed E-state index contributed by atoms with van der Waals surface area (Å²) < 4.78 is 103. The van der Waals surface area contributed by atoms with Gasteiger partial charge in [0, 0.05) is 24.9 Å². The minimum absolute atomic E-state index is 0.00875. The van der Waals surface area contributed by atoms with E-state index >= 15 is 8.78 Å². The Balaban J connectivity index is 1.17. The van der Waals surface area contributed by atoms with Crippen LogP contribution in [0.2, 0.25) is 0 Å². The van der Waals surface area contributed by atoms with Crippen LogP contribution >= 0.6 is 25.8 Å². The number of rotatable bonds is 20. The Hall–Kier alpha value is -3.44. The highest BCUT2D eigenvalue weighted by Crippen LogP contribution is 2.64. The van der Waals surface area contributed by atoms with E-state index in [2.05, 4.69) is 36.8 Å². The van der Waals surface area contributed by atoms with Crippen molar-refractivity contribution in [2.45, 2.75) is 140 Å². The molecule has 2 saturated heterocycles. The molecule has 6 rings (SSSR count). The van der Waals surface area contributed by atoms with Gasteiger partial charge >= 0.3 is 20.4 Å². The van der Waals surface area contributed by atoms with E-state index in [9.17, 15) is 23.6 Å². The second-order valence-electron chi connectivity index (χ2n) is 15.6. The van der Waals surface area contributed by atoms with Gasteiger partial charge < -0.3 is 39.1 Å². The van der Waals surface area contributed by atoms with Crippen molar-refractivity contribution >= 4 is 59.9 Å². The van der Waals surface area contributed by atoms with Gasteiger partial charge in [-0.25, -0.2) is 38.3 Å². The normalized spacial score (nSPS) is 28.3. The van der Waals surface area contributed by atoms with Crippen molar-refractivity contribution in [1.82, 2.24) is 39.0 Å². The third kappa shape index (κ3) is 13.1. The monoisotopic (exact) mass is 963 g/mol. The molecule has 2 aliphatic rings. The number of nitrogens with two attached hydrogens (primary N) is 1. The van der Waals surface area contributed by atoms with Gasteiger partial charge in [-0.15, -0.1) is 0 Å². The van der Waals surface area contributed by atoms with Crippen molar-refractivity contribution in [1.29, 1.82) is 0 Å². The molecule has 6 heterocycles. The summed E-state index contributed by atoms with van der Waals surface area (Å²) in [6.45, 7) is -4.22. The Bertz CT molecular complexity index is 2280. The molecule has 2 aliphatic heterocycles. The van der Waals surface area contributed by atoms with E-state index in [4.69, 9.17) is 38.3 Å². The van der Waals surface area contributed by atoms with E-state index in [0.29, 0.717) is 17.8 Å². The summed E-state index contributed by atoms with van der Waals surface area (Å²) in [5.41, 5.74) is 5.06. The fourth-order valence-corrected chi connectivity index (χ4v) is 10.9. The topological polar surface area (TPSA) is 269 Å². The van der Waals surface area contributed by atoms with Crippen LogP contribution in [0.3, 0.4) is 0 Å².